The van der Waals surface area contributed by atoms with Crippen molar-refractivity contribution < 1.29 is 19.5 Å². The number of hydrogen-bond donors (Lipinski definition) is 0. The molecule has 0 heterocycles. The smallest absolute Gasteiger partial charge is 0.197 e. The first-order valence-electron chi connectivity index (χ1n) is 9.79. The maximum atomic E-state index is 12.7. The van der Waals surface area contributed by atoms with E-state index in [4.69, 9.17) is 0 Å². The maximum absolute atomic E-state index is 12.7. The quantitative estimate of drug-likeness (QED) is 0.373. The molecule has 2 aliphatic carbocycles. The molecule has 5 rings (SSSR count). The molecule has 0 aromatic heterocycles. The van der Waals surface area contributed by atoms with E-state index in [-0.39, 0.29) is 34.3 Å². The second kappa shape index (κ2) is 7.18. The summed E-state index contributed by atoms with van der Waals surface area (Å²) in [5.41, 5.74) is 1.84. The molecule has 0 radical (unpaired) electrons. The molecule has 0 bridgehead atoms. The molecular formula is C27H15O4-. The Bertz CT molecular complexity index is 1390. The Morgan fingerprint density at radius 1 is 0.613 bits per heavy atom. The molecule has 3 aromatic rings. The van der Waals surface area contributed by atoms with Gasteiger partial charge in [0.2, 0.25) is 0 Å². The fourth-order valence-electron chi connectivity index (χ4n) is 3.95. The van der Waals surface area contributed by atoms with Crippen LogP contribution in [-0.2, 0) is 0 Å². The summed E-state index contributed by atoms with van der Waals surface area (Å²) in [7, 11) is 0. The van der Waals surface area contributed by atoms with Crippen molar-refractivity contribution in [1.29, 1.82) is 0 Å². The van der Waals surface area contributed by atoms with Gasteiger partial charge in [0.05, 0.1) is 5.57 Å². The number of hydrogen-bond acceptors (Lipinski definition) is 4. The third-order valence-electron chi connectivity index (χ3n) is 5.52. The monoisotopic (exact) mass is 403 g/mol. The fraction of sp³-hybridized carbons (Fsp3) is 0. The Morgan fingerprint density at radius 2 is 1.19 bits per heavy atom. The number of carbonyl (C=O) groups excluding carboxylic acids is 3. The molecule has 0 spiro atoms. The van der Waals surface area contributed by atoms with E-state index in [9.17, 15) is 19.5 Å². The topological polar surface area (TPSA) is 74.3 Å². The highest BCUT2D eigenvalue weighted by Gasteiger charge is 2.31. The minimum absolute atomic E-state index is 0.100. The van der Waals surface area contributed by atoms with Gasteiger partial charge in [0.25, 0.3) is 0 Å². The lowest BCUT2D eigenvalue weighted by molar-refractivity contribution is -0.244. The van der Waals surface area contributed by atoms with Gasteiger partial charge in [-0.25, -0.2) is 0 Å². The van der Waals surface area contributed by atoms with Gasteiger partial charge in [0.1, 0.15) is 0 Å². The lowest BCUT2D eigenvalue weighted by atomic mass is 10.0. The lowest BCUT2D eigenvalue weighted by Gasteiger charge is -2.10. The van der Waals surface area contributed by atoms with Crippen molar-refractivity contribution in [2.45, 2.75) is 0 Å². The number of ketones is 3. The van der Waals surface area contributed by atoms with Gasteiger partial charge in [-0.1, -0.05) is 78.6 Å². The van der Waals surface area contributed by atoms with Gasteiger partial charge in [-0.2, -0.15) is 0 Å². The van der Waals surface area contributed by atoms with Crippen molar-refractivity contribution in [1.82, 2.24) is 0 Å². The molecule has 0 aliphatic heterocycles. The van der Waals surface area contributed by atoms with Crippen LogP contribution in [0.15, 0.2) is 102 Å². The summed E-state index contributed by atoms with van der Waals surface area (Å²) >= 11 is 0. The van der Waals surface area contributed by atoms with Crippen molar-refractivity contribution in [3.63, 3.8) is 0 Å². The van der Waals surface area contributed by atoms with Gasteiger partial charge in [0, 0.05) is 22.3 Å². The maximum Gasteiger partial charge on any atom is 0.197 e. The largest absolute Gasteiger partial charge is 0.872 e. The van der Waals surface area contributed by atoms with Crippen molar-refractivity contribution in [2.75, 3.05) is 0 Å². The van der Waals surface area contributed by atoms with E-state index in [0.29, 0.717) is 22.3 Å². The normalized spacial score (nSPS) is 15.6. The number of Topliss-reactive ketones (excluding diaryl/α,β-unsaturated/α-hetero) is 3. The first-order valence-corrected chi connectivity index (χ1v) is 9.79. The Balaban J connectivity index is 1.38. The van der Waals surface area contributed by atoms with Crippen molar-refractivity contribution in [3.05, 3.63) is 124 Å². The first-order chi connectivity index (χ1) is 15.1. The average Bonchev–Trinajstić information content (AvgIpc) is 3.17. The third kappa shape index (κ3) is 2.97. The molecule has 2 aliphatic rings. The van der Waals surface area contributed by atoms with Crippen LogP contribution >= 0.6 is 0 Å². The van der Waals surface area contributed by atoms with Gasteiger partial charge in [0.15, 0.2) is 17.3 Å². The molecule has 0 unspecified atom stereocenters. The van der Waals surface area contributed by atoms with Gasteiger partial charge in [-0.05, 0) is 34.5 Å². The molecule has 0 fully saturated rings. The van der Waals surface area contributed by atoms with Crippen LogP contribution in [0.25, 0.3) is 16.5 Å². The summed E-state index contributed by atoms with van der Waals surface area (Å²) in [6, 6.07) is 17.8. The van der Waals surface area contributed by atoms with Gasteiger partial charge in [-0.3, -0.25) is 14.4 Å². The molecule has 0 atom stereocenters. The van der Waals surface area contributed by atoms with E-state index in [2.05, 4.69) is 0 Å². The number of carbonyl (C=O) groups is 3. The van der Waals surface area contributed by atoms with Crippen LogP contribution in [0, 0.1) is 0 Å². The highest BCUT2D eigenvalue weighted by atomic mass is 16.3. The van der Waals surface area contributed by atoms with Crippen LogP contribution in [0.2, 0.25) is 0 Å². The lowest BCUT2D eigenvalue weighted by Crippen LogP contribution is -2.02. The molecule has 0 amide bonds. The van der Waals surface area contributed by atoms with Gasteiger partial charge < -0.3 is 5.11 Å². The Hall–Kier alpha value is -4.31. The molecular weight excluding hydrogens is 388 g/mol. The highest BCUT2D eigenvalue weighted by molar-refractivity contribution is 6.39. The summed E-state index contributed by atoms with van der Waals surface area (Å²) in [5.74, 6) is -1.20. The SMILES string of the molecule is O=C1C(=CC=CC=CC2=C([O-])c3cc4ccccc4cc3C2=O)C(=O)c2ccccc21. The van der Waals surface area contributed by atoms with Crippen molar-refractivity contribution >= 4 is 33.9 Å². The van der Waals surface area contributed by atoms with Crippen LogP contribution in [0.1, 0.15) is 36.6 Å². The van der Waals surface area contributed by atoms with Crippen LogP contribution in [0.3, 0.4) is 0 Å². The van der Waals surface area contributed by atoms with Gasteiger partial charge >= 0.3 is 0 Å². The highest BCUT2D eigenvalue weighted by Crippen LogP contribution is 2.33. The second-order valence-electron chi connectivity index (χ2n) is 7.35. The summed E-state index contributed by atoms with van der Waals surface area (Å²) < 4.78 is 0. The van der Waals surface area contributed by atoms with E-state index < -0.39 is 0 Å². The molecule has 4 heteroatoms. The zero-order valence-electron chi connectivity index (χ0n) is 16.3. The average molecular weight is 403 g/mol. The van der Waals surface area contributed by atoms with Gasteiger partial charge in [-0.15, -0.1) is 0 Å². The Morgan fingerprint density at radius 3 is 1.84 bits per heavy atom. The Labute approximate surface area is 178 Å². The molecule has 3 aromatic carbocycles. The van der Waals surface area contributed by atoms with E-state index in [1.165, 1.54) is 12.2 Å². The zero-order valence-corrected chi connectivity index (χ0v) is 16.3. The Kier molecular flexibility index (Phi) is 4.33. The van der Waals surface area contributed by atoms with Crippen LogP contribution < -0.4 is 5.11 Å². The standard InChI is InChI=1S/C27H16O4/c28-24-18-10-6-7-11-19(18)25(29)20(24)12-2-1-3-13-21-26(30)22-14-16-8-4-5-9-17(16)15-23(22)27(21)31/h1-15,30H/p-1. The predicted octanol–water partition coefficient (Wildman–Crippen LogP) is 4.23. The molecule has 0 N–H and O–H groups in total. The molecule has 148 valence electrons. The van der Waals surface area contributed by atoms with Crippen LogP contribution in [0.4, 0.5) is 0 Å². The first kappa shape index (κ1) is 18.7. The number of benzene rings is 3. The number of fused-ring (bicyclic) bond motifs is 3. The summed E-state index contributed by atoms with van der Waals surface area (Å²) in [5, 5.41) is 14.5. The van der Waals surface area contributed by atoms with Crippen molar-refractivity contribution in [2.24, 2.45) is 0 Å². The summed E-state index contributed by atoms with van der Waals surface area (Å²) in [6.07, 6.45) is 7.63. The number of allylic oxidation sites excluding steroid dienone is 7. The van der Waals surface area contributed by atoms with Crippen molar-refractivity contribution in [3.8, 4) is 0 Å². The summed E-state index contributed by atoms with van der Waals surface area (Å²) in [6.45, 7) is 0. The van der Waals surface area contributed by atoms with Crippen LogP contribution in [-0.4, -0.2) is 17.3 Å². The van der Waals surface area contributed by atoms with E-state index >= 15 is 0 Å². The van der Waals surface area contributed by atoms with Crippen LogP contribution in [0.5, 0.6) is 0 Å². The minimum atomic E-state index is -0.301. The molecule has 31 heavy (non-hydrogen) atoms. The zero-order chi connectivity index (χ0) is 21.5. The molecule has 4 nitrogen and oxygen atoms in total. The number of rotatable bonds is 3. The summed E-state index contributed by atoms with van der Waals surface area (Å²) in [4.78, 5) is 37.4. The van der Waals surface area contributed by atoms with E-state index in [1.54, 1.807) is 54.6 Å². The third-order valence-corrected chi connectivity index (χ3v) is 5.52. The van der Waals surface area contributed by atoms with E-state index in [1.807, 2.05) is 24.3 Å². The van der Waals surface area contributed by atoms with E-state index in [0.717, 1.165) is 10.8 Å². The molecule has 0 saturated heterocycles. The second-order valence-corrected chi connectivity index (χ2v) is 7.35. The minimum Gasteiger partial charge on any atom is -0.872 e. The molecule has 0 saturated carbocycles. The predicted molar refractivity (Wildman–Crippen MR) is 117 cm³/mol. The fourth-order valence-corrected chi connectivity index (χ4v) is 3.95.